The Bertz CT molecular complexity index is 711. The van der Waals surface area contributed by atoms with Crippen molar-refractivity contribution in [2.75, 3.05) is 19.6 Å². The van der Waals surface area contributed by atoms with Crippen LogP contribution in [0.25, 0.3) is 0 Å². The third kappa shape index (κ3) is 3.08. The highest BCUT2D eigenvalue weighted by Gasteiger charge is 2.36. The quantitative estimate of drug-likeness (QED) is 0.869. The largest absolute Gasteiger partial charge is 0.335 e. The number of hydrogen-bond acceptors (Lipinski definition) is 3. The molecule has 1 aromatic carbocycles. The average Bonchev–Trinajstić information content (AvgIpc) is 2.83. The maximum atomic E-state index is 12.8. The van der Waals surface area contributed by atoms with Crippen LogP contribution < -0.4 is 0 Å². The number of amides is 1. The van der Waals surface area contributed by atoms with E-state index in [2.05, 4.69) is 40.3 Å². The second-order valence-corrected chi connectivity index (χ2v) is 7.10. The van der Waals surface area contributed by atoms with E-state index >= 15 is 0 Å². The second-order valence-electron chi connectivity index (χ2n) is 7.10. The molecule has 0 spiro atoms. The summed E-state index contributed by atoms with van der Waals surface area (Å²) in [5, 5.41) is 4.29. The van der Waals surface area contributed by atoms with E-state index in [9.17, 15) is 4.79 Å². The summed E-state index contributed by atoms with van der Waals surface area (Å²) >= 11 is 0. The summed E-state index contributed by atoms with van der Waals surface area (Å²) in [6, 6.07) is 12.9. The van der Waals surface area contributed by atoms with Gasteiger partial charge in [-0.05, 0) is 30.4 Å². The van der Waals surface area contributed by atoms with Crippen molar-refractivity contribution in [2.45, 2.75) is 25.4 Å². The minimum atomic E-state index is 0.0778. The summed E-state index contributed by atoms with van der Waals surface area (Å²) in [7, 11) is 1.85. The number of benzene rings is 1. The van der Waals surface area contributed by atoms with E-state index in [1.165, 1.54) is 18.4 Å². The lowest BCUT2D eigenvalue weighted by atomic mass is 9.94. The first-order valence-electron chi connectivity index (χ1n) is 8.76. The van der Waals surface area contributed by atoms with Crippen LogP contribution in [-0.4, -0.2) is 51.2 Å². The molecule has 5 nitrogen and oxygen atoms in total. The molecule has 24 heavy (non-hydrogen) atoms. The predicted octanol–water partition coefficient (Wildman–Crippen LogP) is 2.16. The van der Waals surface area contributed by atoms with Crippen molar-refractivity contribution in [1.82, 2.24) is 19.6 Å². The van der Waals surface area contributed by atoms with Gasteiger partial charge in [0, 0.05) is 45.5 Å². The molecule has 3 saturated heterocycles. The molecule has 0 saturated carbocycles. The molecule has 3 aliphatic heterocycles. The van der Waals surface area contributed by atoms with Gasteiger partial charge in [0.15, 0.2) is 0 Å². The molecular weight excluding hydrogens is 300 g/mol. The number of aryl methyl sites for hydroxylation is 1. The maximum Gasteiger partial charge on any atom is 0.274 e. The highest BCUT2D eigenvalue weighted by molar-refractivity contribution is 5.92. The van der Waals surface area contributed by atoms with E-state index < -0.39 is 0 Å². The number of aromatic nitrogens is 2. The Morgan fingerprint density at radius 2 is 1.96 bits per heavy atom. The summed E-state index contributed by atoms with van der Waals surface area (Å²) in [5.41, 5.74) is 1.92. The Labute approximate surface area is 142 Å². The zero-order chi connectivity index (χ0) is 16.5. The summed E-state index contributed by atoms with van der Waals surface area (Å²) in [6.07, 6.45) is 4.24. The van der Waals surface area contributed by atoms with Gasteiger partial charge in [-0.25, -0.2) is 0 Å². The van der Waals surface area contributed by atoms with Gasteiger partial charge in [-0.1, -0.05) is 30.3 Å². The van der Waals surface area contributed by atoms with E-state index in [1.807, 2.05) is 24.2 Å². The Hall–Kier alpha value is -2.14. The van der Waals surface area contributed by atoms with E-state index in [1.54, 1.807) is 4.68 Å². The molecule has 2 atom stereocenters. The number of nitrogens with zero attached hydrogens (tertiary/aromatic N) is 4. The van der Waals surface area contributed by atoms with Crippen molar-refractivity contribution in [3.63, 3.8) is 0 Å². The van der Waals surface area contributed by atoms with Crippen LogP contribution in [0.15, 0.2) is 42.6 Å². The molecule has 5 heteroatoms. The van der Waals surface area contributed by atoms with Gasteiger partial charge in [0.05, 0.1) is 0 Å². The Morgan fingerprint density at radius 3 is 2.71 bits per heavy atom. The van der Waals surface area contributed by atoms with Crippen LogP contribution in [0.5, 0.6) is 0 Å². The number of fused-ring (bicyclic) bond motifs is 4. The van der Waals surface area contributed by atoms with Crippen LogP contribution in [0.4, 0.5) is 0 Å². The fourth-order valence-electron chi connectivity index (χ4n) is 4.05. The van der Waals surface area contributed by atoms with Crippen molar-refractivity contribution in [2.24, 2.45) is 13.0 Å². The lowest BCUT2D eigenvalue weighted by molar-refractivity contribution is 0.0729. The van der Waals surface area contributed by atoms with Crippen LogP contribution >= 0.6 is 0 Å². The molecule has 1 aromatic heterocycles. The molecule has 5 rings (SSSR count). The van der Waals surface area contributed by atoms with Gasteiger partial charge in [-0.3, -0.25) is 14.4 Å². The molecule has 2 bridgehead atoms. The van der Waals surface area contributed by atoms with Crippen molar-refractivity contribution in [1.29, 1.82) is 0 Å². The molecule has 0 N–H and O–H groups in total. The zero-order valence-corrected chi connectivity index (χ0v) is 14.1. The van der Waals surface area contributed by atoms with Gasteiger partial charge < -0.3 is 4.90 Å². The lowest BCUT2D eigenvalue weighted by Gasteiger charge is -2.36. The SMILES string of the molecule is Cn1ccc(C(=O)N2C[C@H]3CC[C@@H](C2)N(Cc2ccccc2)C3)n1. The molecule has 2 aromatic rings. The number of piperidine rings is 1. The second kappa shape index (κ2) is 6.40. The standard InChI is InChI=1S/C19H24N4O/c1-21-10-9-18(20-21)19(24)23-13-16-7-8-17(14-23)22(12-16)11-15-5-3-2-4-6-15/h2-6,9-10,16-17H,7-8,11-14H2,1H3/t16-,17-/m0/s1. The van der Waals surface area contributed by atoms with Crippen LogP contribution in [0, 0.1) is 5.92 Å². The van der Waals surface area contributed by atoms with Gasteiger partial charge in [0.2, 0.25) is 0 Å². The van der Waals surface area contributed by atoms with Crippen molar-refractivity contribution < 1.29 is 4.79 Å². The highest BCUT2D eigenvalue weighted by Crippen LogP contribution is 2.29. The third-order valence-electron chi connectivity index (χ3n) is 5.28. The van der Waals surface area contributed by atoms with Gasteiger partial charge in [0.25, 0.3) is 5.91 Å². The fraction of sp³-hybridized carbons (Fsp3) is 0.474. The third-order valence-corrected chi connectivity index (χ3v) is 5.28. The van der Waals surface area contributed by atoms with E-state index in [0.29, 0.717) is 17.7 Å². The molecule has 1 amide bonds. The summed E-state index contributed by atoms with van der Waals surface area (Å²) in [6.45, 7) is 3.75. The number of carbonyl (C=O) groups excluding carboxylic acids is 1. The normalized spacial score (nSPS) is 24.1. The Morgan fingerprint density at radius 1 is 1.12 bits per heavy atom. The van der Waals surface area contributed by atoms with Crippen LogP contribution in [0.2, 0.25) is 0 Å². The summed E-state index contributed by atoms with van der Waals surface area (Å²) in [5.74, 6) is 0.647. The van der Waals surface area contributed by atoms with Crippen molar-refractivity contribution >= 4 is 5.91 Å². The minimum absolute atomic E-state index is 0.0778. The number of carbonyl (C=O) groups is 1. The van der Waals surface area contributed by atoms with E-state index in [4.69, 9.17) is 0 Å². The topological polar surface area (TPSA) is 41.4 Å². The number of hydrogen-bond donors (Lipinski definition) is 0. The van der Waals surface area contributed by atoms with Crippen molar-refractivity contribution in [3.8, 4) is 0 Å². The molecule has 126 valence electrons. The van der Waals surface area contributed by atoms with Crippen molar-refractivity contribution in [3.05, 3.63) is 53.9 Å². The minimum Gasteiger partial charge on any atom is -0.335 e. The predicted molar refractivity (Wildman–Crippen MR) is 92.5 cm³/mol. The van der Waals surface area contributed by atoms with Gasteiger partial charge >= 0.3 is 0 Å². The fourth-order valence-corrected chi connectivity index (χ4v) is 4.05. The molecule has 4 heterocycles. The maximum absolute atomic E-state index is 12.8. The highest BCUT2D eigenvalue weighted by atomic mass is 16.2. The monoisotopic (exact) mass is 324 g/mol. The lowest BCUT2D eigenvalue weighted by Crippen LogP contribution is -2.43. The molecular formula is C19H24N4O. The molecule has 0 aliphatic carbocycles. The summed E-state index contributed by atoms with van der Waals surface area (Å²) in [4.78, 5) is 17.4. The molecule has 3 fully saturated rings. The van der Waals surface area contributed by atoms with E-state index in [0.717, 1.165) is 26.2 Å². The molecule has 0 radical (unpaired) electrons. The first-order valence-corrected chi connectivity index (χ1v) is 8.76. The smallest absolute Gasteiger partial charge is 0.274 e. The Balaban J connectivity index is 1.49. The first kappa shape index (κ1) is 15.4. The average molecular weight is 324 g/mol. The number of rotatable bonds is 3. The summed E-state index contributed by atoms with van der Waals surface area (Å²) < 4.78 is 1.70. The first-order chi connectivity index (χ1) is 11.7. The molecule has 0 unspecified atom stereocenters. The van der Waals surface area contributed by atoms with Crippen LogP contribution in [0.3, 0.4) is 0 Å². The van der Waals surface area contributed by atoms with Gasteiger partial charge in [0.1, 0.15) is 5.69 Å². The van der Waals surface area contributed by atoms with Crippen LogP contribution in [0.1, 0.15) is 28.9 Å². The van der Waals surface area contributed by atoms with Crippen LogP contribution in [-0.2, 0) is 13.6 Å². The molecule has 3 aliphatic rings. The van der Waals surface area contributed by atoms with Gasteiger partial charge in [-0.15, -0.1) is 0 Å². The zero-order valence-electron chi connectivity index (χ0n) is 14.1. The Kier molecular flexibility index (Phi) is 4.10. The van der Waals surface area contributed by atoms with E-state index in [-0.39, 0.29) is 5.91 Å². The van der Waals surface area contributed by atoms with Gasteiger partial charge in [-0.2, -0.15) is 5.10 Å².